The third-order valence-corrected chi connectivity index (χ3v) is 6.77. The van der Waals surface area contributed by atoms with Crippen molar-refractivity contribution < 1.29 is 26.3 Å². The summed E-state index contributed by atoms with van der Waals surface area (Å²) in [5.41, 5.74) is 1.46. The van der Waals surface area contributed by atoms with Crippen molar-refractivity contribution in [3.63, 3.8) is 0 Å². The molecule has 0 N–H and O–H groups in total. The van der Waals surface area contributed by atoms with Crippen molar-refractivity contribution in [1.82, 2.24) is 9.13 Å². The van der Waals surface area contributed by atoms with Gasteiger partial charge in [0, 0.05) is 57.4 Å². The minimum absolute atomic E-state index is 0.501. The molecule has 2 aromatic heterocycles. The van der Waals surface area contributed by atoms with Gasteiger partial charge in [0.25, 0.3) is 0 Å². The molecule has 4 aromatic carbocycles. The minimum Gasteiger partial charge on any atom is -0.343 e. The van der Waals surface area contributed by atoms with E-state index in [0.717, 1.165) is 46.1 Å². The van der Waals surface area contributed by atoms with Gasteiger partial charge in [-0.1, -0.05) is 24.3 Å². The first-order chi connectivity index (χ1) is 16.0. The average Bonchev–Trinajstić information content (AvgIpc) is 3.24. The number of alkyl halides is 6. The standard InChI is InChI=1S/C26H16F6N2/c1-33-21-9-3-13(25(27,28)29)11-19(21)17-7-6-16-15(23(17)33)5-8-18-20-12-14(26(30,31)32)4-10-22(20)34(2)24(16)18/h3-12H,1-2H3. The molecule has 0 fully saturated rings. The third-order valence-electron chi connectivity index (χ3n) is 6.77. The molecule has 0 saturated carbocycles. The number of aromatic nitrogens is 2. The summed E-state index contributed by atoms with van der Waals surface area (Å²) in [6.45, 7) is 0. The molecule has 0 saturated heterocycles. The molecule has 8 heteroatoms. The smallest absolute Gasteiger partial charge is 0.343 e. The van der Waals surface area contributed by atoms with Gasteiger partial charge in [0.2, 0.25) is 0 Å². The summed E-state index contributed by atoms with van der Waals surface area (Å²) >= 11 is 0. The lowest BCUT2D eigenvalue weighted by molar-refractivity contribution is -0.138. The second-order valence-electron chi connectivity index (χ2n) is 8.60. The van der Waals surface area contributed by atoms with Crippen molar-refractivity contribution >= 4 is 54.4 Å². The fourth-order valence-corrected chi connectivity index (χ4v) is 5.21. The van der Waals surface area contributed by atoms with Gasteiger partial charge in [-0.05, 0) is 36.4 Å². The molecule has 0 bridgehead atoms. The fourth-order valence-electron chi connectivity index (χ4n) is 5.21. The Balaban J connectivity index is 1.73. The molecule has 0 amide bonds. The van der Waals surface area contributed by atoms with Crippen molar-refractivity contribution in [2.45, 2.75) is 12.4 Å². The Morgan fingerprint density at radius 3 is 1.12 bits per heavy atom. The zero-order valence-corrected chi connectivity index (χ0v) is 17.9. The molecule has 172 valence electrons. The highest BCUT2D eigenvalue weighted by molar-refractivity contribution is 6.25. The minimum atomic E-state index is -4.45. The number of aryl methyl sites for hydroxylation is 2. The lowest BCUT2D eigenvalue weighted by Crippen LogP contribution is -2.04. The second-order valence-corrected chi connectivity index (χ2v) is 8.60. The average molecular weight is 470 g/mol. The topological polar surface area (TPSA) is 9.86 Å². The van der Waals surface area contributed by atoms with Crippen molar-refractivity contribution in [2.24, 2.45) is 14.1 Å². The first-order valence-corrected chi connectivity index (χ1v) is 10.5. The van der Waals surface area contributed by atoms with E-state index in [4.69, 9.17) is 0 Å². The van der Waals surface area contributed by atoms with E-state index in [1.807, 2.05) is 21.3 Å². The number of benzene rings is 4. The van der Waals surface area contributed by atoms with Crippen molar-refractivity contribution in [3.8, 4) is 0 Å². The summed E-state index contributed by atoms with van der Waals surface area (Å²) in [5.74, 6) is 0. The summed E-state index contributed by atoms with van der Waals surface area (Å²) in [5, 5.41) is 4.02. The van der Waals surface area contributed by atoms with Crippen LogP contribution in [0, 0.1) is 0 Å². The maximum Gasteiger partial charge on any atom is 0.416 e. The van der Waals surface area contributed by atoms with Crippen LogP contribution in [0.25, 0.3) is 54.4 Å². The Kier molecular flexibility index (Phi) is 3.97. The van der Waals surface area contributed by atoms with Crippen molar-refractivity contribution in [3.05, 3.63) is 71.8 Å². The molecule has 6 aromatic rings. The zero-order chi connectivity index (χ0) is 24.2. The Morgan fingerprint density at radius 2 is 0.794 bits per heavy atom. The van der Waals surface area contributed by atoms with E-state index in [1.54, 1.807) is 26.2 Å². The highest BCUT2D eigenvalue weighted by Crippen LogP contribution is 2.41. The first-order valence-electron chi connectivity index (χ1n) is 10.5. The van der Waals surface area contributed by atoms with E-state index in [2.05, 4.69) is 0 Å². The number of hydrogen-bond acceptors (Lipinski definition) is 0. The highest BCUT2D eigenvalue weighted by atomic mass is 19.4. The Labute approximate surface area is 188 Å². The lowest BCUT2D eigenvalue weighted by Gasteiger charge is -2.07. The summed E-state index contributed by atoms with van der Waals surface area (Å²) in [4.78, 5) is 0. The van der Waals surface area contributed by atoms with Crippen LogP contribution in [0.2, 0.25) is 0 Å². The summed E-state index contributed by atoms with van der Waals surface area (Å²) in [6.07, 6.45) is -8.89. The van der Waals surface area contributed by atoms with Crippen LogP contribution in [-0.2, 0) is 26.4 Å². The van der Waals surface area contributed by atoms with Gasteiger partial charge in [-0.15, -0.1) is 0 Å². The normalized spacial score (nSPS) is 13.3. The van der Waals surface area contributed by atoms with Gasteiger partial charge in [0.15, 0.2) is 0 Å². The van der Waals surface area contributed by atoms with E-state index in [-0.39, 0.29) is 0 Å². The maximum atomic E-state index is 13.3. The van der Waals surface area contributed by atoms with Gasteiger partial charge in [0.05, 0.1) is 22.2 Å². The van der Waals surface area contributed by atoms with Gasteiger partial charge in [-0.3, -0.25) is 0 Å². The van der Waals surface area contributed by atoms with Crippen LogP contribution < -0.4 is 0 Å². The molecular formula is C26H16F6N2. The quantitative estimate of drug-likeness (QED) is 0.198. The maximum absolute atomic E-state index is 13.3. The Hall–Kier alpha value is -3.68. The van der Waals surface area contributed by atoms with E-state index in [0.29, 0.717) is 32.6 Å². The molecule has 0 aliphatic carbocycles. The first kappa shape index (κ1) is 20.9. The predicted octanol–water partition coefficient (Wildman–Crippen LogP) is 8.17. The number of halogens is 6. The molecule has 0 spiro atoms. The molecule has 0 atom stereocenters. The molecule has 34 heavy (non-hydrogen) atoms. The van der Waals surface area contributed by atoms with Crippen molar-refractivity contribution in [2.75, 3.05) is 0 Å². The molecule has 0 radical (unpaired) electrons. The van der Waals surface area contributed by atoms with Crippen molar-refractivity contribution in [1.29, 1.82) is 0 Å². The monoisotopic (exact) mass is 470 g/mol. The van der Waals surface area contributed by atoms with Gasteiger partial charge < -0.3 is 9.13 Å². The fraction of sp³-hybridized carbons (Fsp3) is 0.154. The highest BCUT2D eigenvalue weighted by Gasteiger charge is 2.32. The molecule has 2 heterocycles. The number of nitrogens with zero attached hydrogens (tertiary/aromatic N) is 2. The van der Waals surface area contributed by atoms with Crippen LogP contribution in [0.15, 0.2) is 60.7 Å². The molecule has 0 unspecified atom stereocenters. The second kappa shape index (κ2) is 6.46. The van der Waals surface area contributed by atoms with Gasteiger partial charge in [-0.2, -0.15) is 26.3 Å². The van der Waals surface area contributed by atoms with Gasteiger partial charge >= 0.3 is 12.4 Å². The van der Waals surface area contributed by atoms with Gasteiger partial charge in [0.1, 0.15) is 0 Å². The SMILES string of the molecule is Cn1c2ccc(C(F)(F)F)cc2c2ccc3c(ccc4c5cc(C(F)(F)F)ccc5n(C)c43)c21. The van der Waals surface area contributed by atoms with Crippen LogP contribution in [-0.4, -0.2) is 9.13 Å². The molecular weight excluding hydrogens is 454 g/mol. The Bertz CT molecular complexity index is 1660. The van der Waals surface area contributed by atoms with Crippen LogP contribution in [0.3, 0.4) is 0 Å². The summed E-state index contributed by atoms with van der Waals surface area (Å²) in [7, 11) is 3.61. The predicted molar refractivity (Wildman–Crippen MR) is 122 cm³/mol. The summed E-state index contributed by atoms with van der Waals surface area (Å²) < 4.78 is 83.6. The largest absolute Gasteiger partial charge is 0.416 e. The number of fused-ring (bicyclic) bond motifs is 9. The molecule has 0 aliphatic rings. The van der Waals surface area contributed by atoms with E-state index < -0.39 is 23.5 Å². The summed E-state index contributed by atoms with van der Waals surface area (Å²) in [6, 6.07) is 14.7. The number of hydrogen-bond donors (Lipinski definition) is 0. The van der Waals surface area contributed by atoms with E-state index in [1.165, 1.54) is 12.1 Å². The number of rotatable bonds is 0. The lowest BCUT2D eigenvalue weighted by atomic mass is 10.0. The zero-order valence-electron chi connectivity index (χ0n) is 17.9. The third kappa shape index (κ3) is 2.71. The van der Waals surface area contributed by atoms with Crippen LogP contribution in [0.5, 0.6) is 0 Å². The van der Waals surface area contributed by atoms with E-state index in [9.17, 15) is 26.3 Å². The van der Waals surface area contributed by atoms with Crippen LogP contribution in [0.4, 0.5) is 26.3 Å². The van der Waals surface area contributed by atoms with E-state index >= 15 is 0 Å². The molecule has 2 nitrogen and oxygen atoms in total. The van der Waals surface area contributed by atoms with Crippen LogP contribution >= 0.6 is 0 Å². The Morgan fingerprint density at radius 1 is 0.471 bits per heavy atom. The molecule has 0 aliphatic heterocycles. The van der Waals surface area contributed by atoms with Crippen LogP contribution in [0.1, 0.15) is 11.1 Å². The van der Waals surface area contributed by atoms with Gasteiger partial charge in [-0.25, -0.2) is 0 Å². The molecule has 6 rings (SSSR count).